The smallest absolute Gasteiger partial charge is 0.254 e. The van der Waals surface area contributed by atoms with Crippen molar-refractivity contribution >= 4 is 11.8 Å². The van der Waals surface area contributed by atoms with Crippen molar-refractivity contribution in [2.24, 2.45) is 7.05 Å². The summed E-state index contributed by atoms with van der Waals surface area (Å²) >= 11 is 1.32. The van der Waals surface area contributed by atoms with Crippen molar-refractivity contribution in [3.8, 4) is 0 Å². The van der Waals surface area contributed by atoms with Crippen LogP contribution in [0.4, 0.5) is 8.78 Å². The number of hydrogen-bond acceptors (Lipinski definition) is 3. The second-order valence-electron chi connectivity index (χ2n) is 5.05. The maximum atomic E-state index is 13.2. The first-order valence-corrected chi connectivity index (χ1v) is 7.51. The van der Waals surface area contributed by atoms with E-state index in [9.17, 15) is 13.6 Å². The lowest BCUT2D eigenvalue weighted by Gasteiger charge is -2.11. The minimum Gasteiger partial charge on any atom is -0.291 e. The number of thioether (sulfide) groups is 1. The second-order valence-corrected chi connectivity index (χ2v) is 6.00. The third-order valence-corrected chi connectivity index (χ3v) is 4.16. The Kier molecular flexibility index (Phi) is 4.77. The van der Waals surface area contributed by atoms with Crippen molar-refractivity contribution in [2.45, 2.75) is 30.7 Å². The van der Waals surface area contributed by atoms with Crippen LogP contribution in [0.15, 0.2) is 34.2 Å². The van der Waals surface area contributed by atoms with Crippen molar-refractivity contribution in [2.75, 3.05) is 0 Å². The van der Waals surface area contributed by atoms with E-state index in [1.165, 1.54) is 28.5 Å². The fourth-order valence-corrected chi connectivity index (χ4v) is 2.67. The third-order valence-electron chi connectivity index (χ3n) is 3.06. The molecule has 2 rings (SSSR count). The number of halogens is 2. The van der Waals surface area contributed by atoms with Gasteiger partial charge in [0.2, 0.25) is 0 Å². The van der Waals surface area contributed by atoms with E-state index in [2.05, 4.69) is 4.98 Å². The summed E-state index contributed by atoms with van der Waals surface area (Å²) in [5, 5.41) is 0.566. The highest BCUT2D eigenvalue weighted by atomic mass is 32.2. The zero-order valence-corrected chi connectivity index (χ0v) is 12.9. The minimum absolute atomic E-state index is 0.124. The Labute approximate surface area is 126 Å². The number of hydrogen-bond donors (Lipinski definition) is 0. The molecule has 112 valence electrons. The largest absolute Gasteiger partial charge is 0.291 e. The second kappa shape index (κ2) is 6.39. The highest BCUT2D eigenvalue weighted by molar-refractivity contribution is 7.98. The van der Waals surface area contributed by atoms with Crippen LogP contribution < -0.4 is 5.56 Å². The minimum atomic E-state index is -0.870. The van der Waals surface area contributed by atoms with E-state index < -0.39 is 11.6 Å². The van der Waals surface area contributed by atoms with Gasteiger partial charge in [-0.15, -0.1) is 0 Å². The molecule has 0 atom stereocenters. The number of rotatable bonds is 4. The highest BCUT2D eigenvalue weighted by Crippen LogP contribution is 2.22. The van der Waals surface area contributed by atoms with Gasteiger partial charge in [-0.1, -0.05) is 31.7 Å². The lowest BCUT2D eigenvalue weighted by molar-refractivity contribution is 0.507. The van der Waals surface area contributed by atoms with Gasteiger partial charge in [0.1, 0.15) is 0 Å². The summed E-state index contributed by atoms with van der Waals surface area (Å²) in [6.45, 7) is 3.93. The summed E-state index contributed by atoms with van der Waals surface area (Å²) in [5.74, 6) is -1.16. The molecule has 1 heterocycles. The number of nitrogens with zero attached hydrogens (tertiary/aromatic N) is 2. The van der Waals surface area contributed by atoms with Crippen molar-refractivity contribution in [1.29, 1.82) is 0 Å². The lowest BCUT2D eigenvalue weighted by Crippen LogP contribution is -2.20. The fourth-order valence-electron chi connectivity index (χ4n) is 1.74. The average molecular weight is 310 g/mol. The monoisotopic (exact) mass is 310 g/mol. The van der Waals surface area contributed by atoms with Crippen molar-refractivity contribution in [3.63, 3.8) is 0 Å². The molecule has 0 saturated heterocycles. The van der Waals surface area contributed by atoms with Crippen molar-refractivity contribution in [3.05, 3.63) is 57.5 Å². The molecule has 0 unspecified atom stereocenters. The Hall–Kier alpha value is -1.69. The van der Waals surface area contributed by atoms with Gasteiger partial charge in [0.25, 0.3) is 5.56 Å². The maximum absolute atomic E-state index is 13.2. The van der Waals surface area contributed by atoms with Gasteiger partial charge < -0.3 is 0 Å². The Morgan fingerprint density at radius 1 is 1.24 bits per heavy atom. The number of benzene rings is 1. The molecule has 0 aliphatic heterocycles. The van der Waals surface area contributed by atoms with Crippen LogP contribution in [-0.4, -0.2) is 9.55 Å². The first kappa shape index (κ1) is 15.7. The van der Waals surface area contributed by atoms with Gasteiger partial charge in [0.15, 0.2) is 16.8 Å². The fraction of sp³-hybridized carbons (Fsp3) is 0.333. The van der Waals surface area contributed by atoms with Crippen LogP contribution >= 0.6 is 11.8 Å². The average Bonchev–Trinajstić information content (AvgIpc) is 2.43. The van der Waals surface area contributed by atoms with Crippen LogP contribution in [0.25, 0.3) is 0 Å². The van der Waals surface area contributed by atoms with Gasteiger partial charge in [0.05, 0.1) is 5.69 Å². The molecule has 0 fully saturated rings. The molecule has 0 spiro atoms. The molecule has 2 aromatic rings. The molecule has 0 amide bonds. The van der Waals surface area contributed by atoms with Crippen LogP contribution in [0.2, 0.25) is 0 Å². The molecular weight excluding hydrogens is 294 g/mol. The van der Waals surface area contributed by atoms with Crippen LogP contribution in [0.1, 0.15) is 31.0 Å². The van der Waals surface area contributed by atoms with E-state index in [0.29, 0.717) is 16.5 Å². The Bertz CT molecular complexity index is 713. The quantitative estimate of drug-likeness (QED) is 0.640. The predicted octanol–water partition coefficient (Wildman–Crippen LogP) is 3.47. The molecule has 0 saturated carbocycles. The van der Waals surface area contributed by atoms with Gasteiger partial charge in [-0.05, 0) is 23.6 Å². The van der Waals surface area contributed by atoms with E-state index in [-0.39, 0.29) is 11.5 Å². The van der Waals surface area contributed by atoms with E-state index in [1.54, 1.807) is 7.05 Å². The molecule has 1 aromatic carbocycles. The van der Waals surface area contributed by atoms with Gasteiger partial charge in [-0.2, -0.15) is 0 Å². The summed E-state index contributed by atoms with van der Waals surface area (Å²) in [4.78, 5) is 16.3. The molecule has 1 aromatic heterocycles. The van der Waals surface area contributed by atoms with Gasteiger partial charge >= 0.3 is 0 Å². The zero-order valence-electron chi connectivity index (χ0n) is 12.1. The Balaban J connectivity index is 2.23. The maximum Gasteiger partial charge on any atom is 0.254 e. The van der Waals surface area contributed by atoms with E-state index >= 15 is 0 Å². The van der Waals surface area contributed by atoms with Crippen LogP contribution in [0, 0.1) is 11.6 Å². The molecule has 0 N–H and O–H groups in total. The van der Waals surface area contributed by atoms with Crippen LogP contribution in [0.5, 0.6) is 0 Å². The zero-order chi connectivity index (χ0) is 15.6. The van der Waals surface area contributed by atoms with Gasteiger partial charge in [-0.3, -0.25) is 9.36 Å². The Morgan fingerprint density at radius 3 is 2.57 bits per heavy atom. The van der Waals surface area contributed by atoms with Crippen molar-refractivity contribution < 1.29 is 8.78 Å². The van der Waals surface area contributed by atoms with Gasteiger partial charge in [-0.25, -0.2) is 13.8 Å². The highest BCUT2D eigenvalue weighted by Gasteiger charge is 2.10. The summed E-state index contributed by atoms with van der Waals surface area (Å²) in [5.41, 5.74) is 1.25. The summed E-state index contributed by atoms with van der Waals surface area (Å²) in [6.07, 6.45) is 0. The SMILES string of the molecule is CC(C)c1cc(=O)n(C)c(SCc2ccc(F)c(F)c2)n1. The summed E-state index contributed by atoms with van der Waals surface area (Å²) in [7, 11) is 1.65. The Morgan fingerprint density at radius 2 is 1.95 bits per heavy atom. The third kappa shape index (κ3) is 3.69. The van der Waals surface area contributed by atoms with Gasteiger partial charge in [0, 0.05) is 18.9 Å². The predicted molar refractivity (Wildman–Crippen MR) is 79.5 cm³/mol. The molecule has 3 nitrogen and oxygen atoms in total. The standard InChI is InChI=1S/C15H16F2N2OS/c1-9(2)13-7-14(20)19(3)15(18-13)21-8-10-4-5-11(16)12(17)6-10/h4-7,9H,8H2,1-3H3. The molecule has 21 heavy (non-hydrogen) atoms. The van der Waals surface area contributed by atoms with Crippen LogP contribution in [-0.2, 0) is 12.8 Å². The molecule has 0 bridgehead atoms. The van der Waals surface area contributed by atoms with Crippen molar-refractivity contribution in [1.82, 2.24) is 9.55 Å². The first-order valence-electron chi connectivity index (χ1n) is 6.53. The molecule has 0 radical (unpaired) electrons. The molecule has 0 aliphatic carbocycles. The number of aromatic nitrogens is 2. The molecule has 6 heteroatoms. The summed E-state index contributed by atoms with van der Waals surface area (Å²) < 4.78 is 27.5. The van der Waals surface area contributed by atoms with E-state index in [0.717, 1.165) is 17.8 Å². The molecule has 0 aliphatic rings. The molecular formula is C15H16F2N2OS. The topological polar surface area (TPSA) is 34.9 Å². The lowest BCUT2D eigenvalue weighted by atomic mass is 10.1. The van der Waals surface area contributed by atoms with Crippen LogP contribution in [0.3, 0.4) is 0 Å². The summed E-state index contributed by atoms with van der Waals surface area (Å²) in [6, 6.07) is 5.30. The normalized spacial score (nSPS) is 11.1. The van der Waals surface area contributed by atoms with E-state index in [4.69, 9.17) is 0 Å². The first-order chi connectivity index (χ1) is 9.88. The van der Waals surface area contributed by atoms with E-state index in [1.807, 2.05) is 13.8 Å².